The average molecular weight is 449 g/mol. The second kappa shape index (κ2) is 9.49. The van der Waals surface area contributed by atoms with Crippen LogP contribution in [0.2, 0.25) is 0 Å². The highest BCUT2D eigenvalue weighted by Crippen LogP contribution is 2.25. The molecule has 4 rings (SSSR count). The van der Waals surface area contributed by atoms with Crippen molar-refractivity contribution in [1.82, 2.24) is 5.32 Å². The van der Waals surface area contributed by atoms with Crippen LogP contribution in [0.1, 0.15) is 38.8 Å². The second-order valence-corrected chi connectivity index (χ2v) is 8.11. The van der Waals surface area contributed by atoms with Gasteiger partial charge in [-0.3, -0.25) is 9.59 Å². The van der Waals surface area contributed by atoms with Gasteiger partial charge in [-0.05, 0) is 47.5 Å². The fraction of sp³-hybridized carbons (Fsp3) is 0.125. The maximum absolute atomic E-state index is 12.3. The Bertz CT molecular complexity index is 1260. The number of ether oxygens (including phenoxy) is 1. The Labute approximate surface area is 188 Å². The first-order valence-electron chi connectivity index (χ1n) is 9.90. The SMILES string of the molecule is CC(NC(=O)COC(=O)c1ccc(NC(=O)c2ccco2)s1)c1cccc2ccccc12. The molecule has 2 amide bonds. The summed E-state index contributed by atoms with van der Waals surface area (Å²) in [4.78, 5) is 36.9. The summed E-state index contributed by atoms with van der Waals surface area (Å²) < 4.78 is 10.2. The summed E-state index contributed by atoms with van der Waals surface area (Å²) in [6.45, 7) is 1.48. The van der Waals surface area contributed by atoms with E-state index in [4.69, 9.17) is 9.15 Å². The van der Waals surface area contributed by atoms with Gasteiger partial charge < -0.3 is 19.8 Å². The van der Waals surface area contributed by atoms with E-state index in [2.05, 4.69) is 10.6 Å². The number of rotatable bonds is 7. The number of anilines is 1. The quantitative estimate of drug-likeness (QED) is 0.397. The van der Waals surface area contributed by atoms with Crippen LogP contribution >= 0.6 is 11.3 Å². The third kappa shape index (κ3) is 4.87. The molecule has 4 aromatic rings. The molecule has 8 heteroatoms. The predicted molar refractivity (Wildman–Crippen MR) is 122 cm³/mol. The number of fused-ring (bicyclic) bond motifs is 1. The Morgan fingerprint density at radius 1 is 1.00 bits per heavy atom. The minimum atomic E-state index is -0.638. The maximum Gasteiger partial charge on any atom is 0.348 e. The fourth-order valence-electron chi connectivity index (χ4n) is 3.29. The molecule has 0 saturated carbocycles. The first kappa shape index (κ1) is 21.3. The molecule has 0 fully saturated rings. The zero-order valence-electron chi connectivity index (χ0n) is 17.2. The van der Waals surface area contributed by atoms with Crippen LogP contribution in [0, 0.1) is 0 Å². The van der Waals surface area contributed by atoms with Gasteiger partial charge in [-0.15, -0.1) is 11.3 Å². The van der Waals surface area contributed by atoms with Crippen LogP contribution in [0.15, 0.2) is 77.4 Å². The van der Waals surface area contributed by atoms with E-state index in [-0.39, 0.29) is 16.7 Å². The molecule has 7 nitrogen and oxygen atoms in total. The minimum absolute atomic E-state index is 0.166. The van der Waals surface area contributed by atoms with Crippen molar-refractivity contribution in [3.8, 4) is 0 Å². The molecule has 0 radical (unpaired) electrons. The van der Waals surface area contributed by atoms with Gasteiger partial charge in [0.2, 0.25) is 0 Å². The van der Waals surface area contributed by atoms with Crippen molar-refractivity contribution in [3.63, 3.8) is 0 Å². The lowest BCUT2D eigenvalue weighted by Gasteiger charge is -2.16. The minimum Gasteiger partial charge on any atom is -0.459 e. The number of carbonyl (C=O) groups excluding carboxylic acids is 3. The van der Waals surface area contributed by atoms with Crippen LogP contribution in [0.3, 0.4) is 0 Å². The molecule has 2 heterocycles. The molecule has 1 unspecified atom stereocenters. The van der Waals surface area contributed by atoms with Crippen molar-refractivity contribution in [1.29, 1.82) is 0 Å². The molecule has 162 valence electrons. The largest absolute Gasteiger partial charge is 0.459 e. The molecular weight excluding hydrogens is 428 g/mol. The van der Waals surface area contributed by atoms with Gasteiger partial charge in [-0.1, -0.05) is 42.5 Å². The van der Waals surface area contributed by atoms with Gasteiger partial charge in [0, 0.05) is 0 Å². The standard InChI is InChI=1S/C24H20N2O5S/c1-15(17-9-4-7-16-6-2-3-8-18(16)17)25-21(27)14-31-24(29)20-11-12-22(32-20)26-23(28)19-10-5-13-30-19/h2-13,15H,14H2,1H3,(H,25,27)(H,26,28). The fourth-order valence-corrected chi connectivity index (χ4v) is 4.08. The number of hydrogen-bond acceptors (Lipinski definition) is 6. The number of carbonyl (C=O) groups is 3. The number of amides is 2. The Balaban J connectivity index is 1.31. The first-order chi connectivity index (χ1) is 15.5. The second-order valence-electron chi connectivity index (χ2n) is 7.03. The number of nitrogens with one attached hydrogen (secondary N) is 2. The molecule has 0 aliphatic heterocycles. The van der Waals surface area contributed by atoms with Gasteiger partial charge in [0.05, 0.1) is 17.3 Å². The molecule has 2 aromatic carbocycles. The highest BCUT2D eigenvalue weighted by Gasteiger charge is 2.17. The van der Waals surface area contributed by atoms with Crippen LogP contribution in [-0.2, 0) is 9.53 Å². The zero-order chi connectivity index (χ0) is 22.5. The smallest absolute Gasteiger partial charge is 0.348 e. The van der Waals surface area contributed by atoms with Crippen molar-refractivity contribution in [3.05, 3.63) is 89.2 Å². The van der Waals surface area contributed by atoms with E-state index < -0.39 is 24.4 Å². The van der Waals surface area contributed by atoms with E-state index in [0.29, 0.717) is 5.00 Å². The number of hydrogen-bond donors (Lipinski definition) is 2. The summed E-state index contributed by atoms with van der Waals surface area (Å²) in [5.41, 5.74) is 0.984. The van der Waals surface area contributed by atoms with Gasteiger partial charge in [-0.2, -0.15) is 0 Å². The molecule has 0 saturated heterocycles. The van der Waals surface area contributed by atoms with E-state index in [9.17, 15) is 14.4 Å². The summed E-state index contributed by atoms with van der Waals surface area (Å²) >= 11 is 1.05. The van der Waals surface area contributed by atoms with Gasteiger partial charge in [0.1, 0.15) is 4.88 Å². The summed E-state index contributed by atoms with van der Waals surface area (Å²) in [5, 5.41) is 8.12. The Morgan fingerprint density at radius 2 is 1.81 bits per heavy atom. The lowest BCUT2D eigenvalue weighted by atomic mass is 10.00. The third-order valence-electron chi connectivity index (χ3n) is 4.79. The monoisotopic (exact) mass is 448 g/mol. The van der Waals surface area contributed by atoms with Crippen LogP contribution in [0.5, 0.6) is 0 Å². The molecule has 0 aliphatic rings. The lowest BCUT2D eigenvalue weighted by molar-refractivity contribution is -0.124. The Hall–Kier alpha value is -3.91. The summed E-state index contributed by atoms with van der Waals surface area (Å²) in [6.07, 6.45) is 1.40. The lowest BCUT2D eigenvalue weighted by Crippen LogP contribution is -2.31. The zero-order valence-corrected chi connectivity index (χ0v) is 18.0. The molecular formula is C24H20N2O5S. The average Bonchev–Trinajstić information content (AvgIpc) is 3.49. The third-order valence-corrected chi connectivity index (χ3v) is 5.77. The molecule has 2 aromatic heterocycles. The molecule has 0 spiro atoms. The maximum atomic E-state index is 12.3. The number of thiophene rings is 1. The van der Waals surface area contributed by atoms with E-state index in [1.807, 2.05) is 49.4 Å². The van der Waals surface area contributed by atoms with E-state index in [1.165, 1.54) is 18.4 Å². The van der Waals surface area contributed by atoms with Crippen LogP contribution in [0.4, 0.5) is 5.00 Å². The van der Waals surface area contributed by atoms with Crippen molar-refractivity contribution in [2.45, 2.75) is 13.0 Å². The van der Waals surface area contributed by atoms with Gasteiger partial charge >= 0.3 is 5.97 Å². The first-order valence-corrected chi connectivity index (χ1v) is 10.7. The van der Waals surface area contributed by atoms with Crippen molar-refractivity contribution in [2.24, 2.45) is 0 Å². The number of benzene rings is 2. The normalized spacial score (nSPS) is 11.7. The molecule has 32 heavy (non-hydrogen) atoms. The predicted octanol–water partition coefficient (Wildman–Crippen LogP) is 4.78. The number of furan rings is 1. The van der Waals surface area contributed by atoms with Crippen molar-refractivity contribution < 1.29 is 23.5 Å². The summed E-state index contributed by atoms with van der Waals surface area (Å²) in [6, 6.07) is 19.9. The van der Waals surface area contributed by atoms with Crippen molar-refractivity contribution >= 4 is 44.9 Å². The van der Waals surface area contributed by atoms with Crippen molar-refractivity contribution in [2.75, 3.05) is 11.9 Å². The summed E-state index contributed by atoms with van der Waals surface area (Å²) in [5.74, 6) is -1.29. The molecule has 1 atom stereocenters. The van der Waals surface area contributed by atoms with Gasteiger partial charge in [0.25, 0.3) is 11.8 Å². The van der Waals surface area contributed by atoms with E-state index in [0.717, 1.165) is 27.7 Å². The van der Waals surface area contributed by atoms with Crippen LogP contribution in [0.25, 0.3) is 10.8 Å². The molecule has 0 aliphatic carbocycles. The van der Waals surface area contributed by atoms with E-state index in [1.54, 1.807) is 12.1 Å². The highest BCUT2D eigenvalue weighted by atomic mass is 32.1. The van der Waals surface area contributed by atoms with Gasteiger partial charge in [0.15, 0.2) is 12.4 Å². The Kier molecular flexibility index (Phi) is 6.32. The Morgan fingerprint density at radius 3 is 2.62 bits per heavy atom. The summed E-state index contributed by atoms with van der Waals surface area (Å²) in [7, 11) is 0. The van der Waals surface area contributed by atoms with E-state index >= 15 is 0 Å². The number of esters is 1. The molecule has 2 N–H and O–H groups in total. The van der Waals surface area contributed by atoms with Gasteiger partial charge in [-0.25, -0.2) is 4.79 Å². The molecule has 0 bridgehead atoms. The topological polar surface area (TPSA) is 97.6 Å². The van der Waals surface area contributed by atoms with Crippen LogP contribution in [-0.4, -0.2) is 24.4 Å². The highest BCUT2D eigenvalue weighted by molar-refractivity contribution is 7.18. The van der Waals surface area contributed by atoms with Crippen LogP contribution < -0.4 is 10.6 Å².